The lowest BCUT2D eigenvalue weighted by Gasteiger charge is -2.36. The number of carbonyl (C=O) groups is 2. The van der Waals surface area contributed by atoms with Gasteiger partial charge in [-0.3, -0.25) is 19.7 Å². The molecule has 10 heteroatoms. The second kappa shape index (κ2) is 9.63. The van der Waals surface area contributed by atoms with Crippen LogP contribution in [0.15, 0.2) is 30.3 Å². The van der Waals surface area contributed by atoms with Gasteiger partial charge < -0.3 is 19.3 Å². The van der Waals surface area contributed by atoms with E-state index in [4.69, 9.17) is 9.47 Å². The number of Topliss-reactive ketones (excluding diaryl/α,β-unsaturated/α-hetero) is 1. The Kier molecular flexibility index (Phi) is 6.92. The van der Waals surface area contributed by atoms with Crippen molar-refractivity contribution >= 4 is 23.1 Å². The van der Waals surface area contributed by atoms with Crippen molar-refractivity contribution in [3.8, 4) is 11.5 Å². The number of amides is 1. The van der Waals surface area contributed by atoms with Crippen LogP contribution in [-0.2, 0) is 0 Å². The topological polar surface area (TPSA) is 102 Å². The molecule has 1 aliphatic rings. The standard InChI is InChI=1S/C22H24FN3O6/c1-4-32-21-12-16(19(26(29)30)13-20(21)31-3)22(28)25-9-7-24(8-10-25)18-6-5-15(14(2)27)11-17(18)23/h5-6,11-13H,4,7-10H2,1-3H3. The summed E-state index contributed by atoms with van der Waals surface area (Å²) in [5.41, 5.74) is 0.168. The number of hydrogen-bond donors (Lipinski definition) is 0. The lowest BCUT2D eigenvalue weighted by atomic mass is 10.1. The number of ketones is 1. The summed E-state index contributed by atoms with van der Waals surface area (Å²) in [5, 5.41) is 11.6. The van der Waals surface area contributed by atoms with E-state index in [1.54, 1.807) is 24.0 Å². The summed E-state index contributed by atoms with van der Waals surface area (Å²) in [6.45, 7) is 4.60. The number of nitro groups is 1. The van der Waals surface area contributed by atoms with E-state index in [1.807, 2.05) is 0 Å². The van der Waals surface area contributed by atoms with Gasteiger partial charge in [0, 0.05) is 37.8 Å². The van der Waals surface area contributed by atoms with E-state index >= 15 is 0 Å². The second-order valence-corrected chi connectivity index (χ2v) is 7.21. The van der Waals surface area contributed by atoms with Gasteiger partial charge in [0.2, 0.25) is 0 Å². The molecule has 1 heterocycles. The van der Waals surface area contributed by atoms with Crippen LogP contribution in [0, 0.1) is 15.9 Å². The van der Waals surface area contributed by atoms with Crippen LogP contribution in [0.1, 0.15) is 34.6 Å². The van der Waals surface area contributed by atoms with Crippen LogP contribution >= 0.6 is 0 Å². The zero-order valence-electron chi connectivity index (χ0n) is 18.1. The summed E-state index contributed by atoms with van der Waals surface area (Å²) in [5.74, 6) is -0.824. The minimum Gasteiger partial charge on any atom is -0.493 e. The lowest BCUT2D eigenvalue weighted by Crippen LogP contribution is -2.49. The Balaban J connectivity index is 1.80. The van der Waals surface area contributed by atoms with Gasteiger partial charge in [-0.05, 0) is 32.0 Å². The zero-order valence-corrected chi connectivity index (χ0v) is 18.1. The maximum Gasteiger partial charge on any atom is 0.286 e. The molecule has 3 rings (SSSR count). The maximum atomic E-state index is 14.5. The second-order valence-electron chi connectivity index (χ2n) is 7.21. The van der Waals surface area contributed by atoms with Crippen molar-refractivity contribution in [3.63, 3.8) is 0 Å². The molecule has 0 spiro atoms. The highest BCUT2D eigenvalue weighted by molar-refractivity contribution is 5.99. The Morgan fingerprint density at radius 1 is 1.12 bits per heavy atom. The first-order valence-electron chi connectivity index (χ1n) is 10.1. The first-order valence-corrected chi connectivity index (χ1v) is 10.1. The third kappa shape index (κ3) is 4.63. The van der Waals surface area contributed by atoms with E-state index < -0.39 is 16.6 Å². The van der Waals surface area contributed by atoms with Gasteiger partial charge >= 0.3 is 0 Å². The van der Waals surface area contributed by atoms with Crippen molar-refractivity contribution in [2.24, 2.45) is 0 Å². The summed E-state index contributed by atoms with van der Waals surface area (Å²) in [7, 11) is 1.37. The first-order chi connectivity index (χ1) is 15.3. The Morgan fingerprint density at radius 2 is 1.81 bits per heavy atom. The van der Waals surface area contributed by atoms with Gasteiger partial charge in [0.25, 0.3) is 11.6 Å². The molecule has 170 valence electrons. The molecule has 0 radical (unpaired) electrons. The van der Waals surface area contributed by atoms with Gasteiger partial charge in [0.05, 0.1) is 30.4 Å². The van der Waals surface area contributed by atoms with Crippen LogP contribution in [-0.4, -0.2) is 61.4 Å². The predicted molar refractivity (Wildman–Crippen MR) is 115 cm³/mol. The van der Waals surface area contributed by atoms with E-state index in [0.717, 1.165) is 0 Å². The molecular weight excluding hydrogens is 421 g/mol. The van der Waals surface area contributed by atoms with Crippen molar-refractivity contribution < 1.29 is 28.4 Å². The first kappa shape index (κ1) is 23.0. The van der Waals surface area contributed by atoms with Crippen LogP contribution in [0.25, 0.3) is 0 Å². The highest BCUT2D eigenvalue weighted by Gasteiger charge is 2.30. The number of piperazine rings is 1. The van der Waals surface area contributed by atoms with E-state index in [0.29, 0.717) is 25.4 Å². The molecule has 0 N–H and O–H groups in total. The molecule has 0 unspecified atom stereocenters. The summed E-state index contributed by atoms with van der Waals surface area (Å²) in [6, 6.07) is 6.82. The number of nitrogens with zero attached hydrogens (tertiary/aromatic N) is 3. The molecule has 2 aromatic carbocycles. The largest absolute Gasteiger partial charge is 0.493 e. The number of carbonyl (C=O) groups excluding carboxylic acids is 2. The summed E-state index contributed by atoms with van der Waals surface area (Å²) < 4.78 is 25.1. The molecule has 0 atom stereocenters. The minimum atomic E-state index is -0.631. The van der Waals surface area contributed by atoms with E-state index in [1.165, 1.54) is 37.1 Å². The summed E-state index contributed by atoms with van der Waals surface area (Å²) >= 11 is 0. The quantitative estimate of drug-likeness (QED) is 0.366. The van der Waals surface area contributed by atoms with Crippen molar-refractivity contribution in [3.05, 3.63) is 57.4 Å². The van der Waals surface area contributed by atoms with Crippen molar-refractivity contribution in [1.82, 2.24) is 4.90 Å². The Hall–Kier alpha value is -3.69. The van der Waals surface area contributed by atoms with Gasteiger partial charge in [-0.2, -0.15) is 0 Å². The zero-order chi connectivity index (χ0) is 23.4. The van der Waals surface area contributed by atoms with Crippen molar-refractivity contribution in [2.75, 3.05) is 44.8 Å². The molecule has 1 saturated heterocycles. The van der Waals surface area contributed by atoms with E-state index in [2.05, 4.69) is 0 Å². The van der Waals surface area contributed by atoms with Crippen LogP contribution < -0.4 is 14.4 Å². The lowest BCUT2D eigenvalue weighted by molar-refractivity contribution is -0.385. The SMILES string of the molecule is CCOc1cc(C(=O)N2CCN(c3ccc(C(C)=O)cc3F)CC2)c([N+](=O)[O-])cc1OC. The van der Waals surface area contributed by atoms with E-state index in [-0.39, 0.29) is 47.2 Å². The normalized spacial score (nSPS) is 13.6. The number of ether oxygens (including phenoxy) is 2. The average molecular weight is 445 g/mol. The molecule has 0 bridgehead atoms. The predicted octanol–water partition coefficient (Wildman–Crippen LogP) is 3.31. The van der Waals surface area contributed by atoms with Crippen LogP contribution in [0.5, 0.6) is 11.5 Å². The number of halogens is 1. The molecule has 2 aromatic rings. The molecule has 32 heavy (non-hydrogen) atoms. The Bertz CT molecular complexity index is 1050. The maximum absolute atomic E-state index is 14.5. The van der Waals surface area contributed by atoms with Crippen LogP contribution in [0.3, 0.4) is 0 Å². The highest BCUT2D eigenvalue weighted by atomic mass is 19.1. The monoisotopic (exact) mass is 445 g/mol. The molecule has 1 fully saturated rings. The molecule has 1 aliphatic heterocycles. The Labute approximate surface area is 184 Å². The number of anilines is 1. The number of methoxy groups -OCH3 is 1. The number of benzene rings is 2. The number of hydrogen-bond acceptors (Lipinski definition) is 7. The molecule has 9 nitrogen and oxygen atoms in total. The third-order valence-corrected chi connectivity index (χ3v) is 5.27. The molecule has 0 aliphatic carbocycles. The van der Waals surface area contributed by atoms with Gasteiger partial charge in [0.1, 0.15) is 11.4 Å². The highest BCUT2D eigenvalue weighted by Crippen LogP contribution is 2.35. The summed E-state index contributed by atoms with van der Waals surface area (Å²) in [6.07, 6.45) is 0. The van der Waals surface area contributed by atoms with Crippen molar-refractivity contribution in [1.29, 1.82) is 0 Å². The van der Waals surface area contributed by atoms with Crippen LogP contribution in [0.4, 0.5) is 15.8 Å². The smallest absolute Gasteiger partial charge is 0.286 e. The molecule has 1 amide bonds. The third-order valence-electron chi connectivity index (χ3n) is 5.27. The minimum absolute atomic E-state index is 0.0929. The van der Waals surface area contributed by atoms with Gasteiger partial charge in [0.15, 0.2) is 17.3 Å². The van der Waals surface area contributed by atoms with Gasteiger partial charge in [-0.15, -0.1) is 0 Å². The number of nitro benzene ring substituents is 1. The van der Waals surface area contributed by atoms with Crippen molar-refractivity contribution in [2.45, 2.75) is 13.8 Å². The summed E-state index contributed by atoms with van der Waals surface area (Å²) in [4.78, 5) is 38.7. The fourth-order valence-corrected chi connectivity index (χ4v) is 3.60. The Morgan fingerprint density at radius 3 is 2.34 bits per heavy atom. The van der Waals surface area contributed by atoms with E-state index in [9.17, 15) is 24.1 Å². The molecular formula is C22H24FN3O6. The fourth-order valence-electron chi connectivity index (χ4n) is 3.60. The number of rotatable bonds is 7. The molecule has 0 aromatic heterocycles. The van der Waals surface area contributed by atoms with Crippen LogP contribution in [0.2, 0.25) is 0 Å². The van der Waals surface area contributed by atoms with Gasteiger partial charge in [-0.25, -0.2) is 4.39 Å². The van der Waals surface area contributed by atoms with Gasteiger partial charge in [-0.1, -0.05) is 0 Å². The fraction of sp³-hybridized carbons (Fsp3) is 0.364. The molecule has 0 saturated carbocycles. The average Bonchev–Trinajstić information content (AvgIpc) is 2.78.